The largest absolute Gasteiger partial charge is 0.298 e. The molecular weight excluding hydrogens is 245 g/mol. The summed E-state index contributed by atoms with van der Waals surface area (Å²) in [6.45, 7) is 0. The van der Waals surface area contributed by atoms with E-state index in [2.05, 4.69) is 4.98 Å². The highest BCUT2D eigenvalue weighted by molar-refractivity contribution is 6.30. The highest BCUT2D eigenvalue weighted by atomic mass is 35.5. The van der Waals surface area contributed by atoms with E-state index in [1.165, 1.54) is 6.07 Å². The molecule has 1 aromatic heterocycles. The first-order valence-corrected chi connectivity index (χ1v) is 5.33. The summed E-state index contributed by atoms with van der Waals surface area (Å²) >= 11 is 11.6. The SMILES string of the molecule is O=Cc1cc(Cl)nc(-c2ccc(Cl)cc2)c1. The topological polar surface area (TPSA) is 30.0 Å². The molecule has 16 heavy (non-hydrogen) atoms. The van der Waals surface area contributed by atoms with Crippen LogP contribution in [0.5, 0.6) is 0 Å². The van der Waals surface area contributed by atoms with Gasteiger partial charge in [0.2, 0.25) is 0 Å². The van der Waals surface area contributed by atoms with Gasteiger partial charge < -0.3 is 0 Å². The standard InChI is InChI=1S/C12H7Cl2NO/c13-10-3-1-9(2-4-10)11-5-8(7-16)6-12(14)15-11/h1-7H. The van der Waals surface area contributed by atoms with Crippen molar-refractivity contribution in [1.82, 2.24) is 4.98 Å². The summed E-state index contributed by atoms with van der Waals surface area (Å²) in [6, 6.07) is 10.4. The Morgan fingerprint density at radius 1 is 1.06 bits per heavy atom. The molecule has 2 aromatic rings. The molecule has 1 heterocycles. The third kappa shape index (κ3) is 2.40. The highest BCUT2D eigenvalue weighted by Gasteiger charge is 2.03. The van der Waals surface area contributed by atoms with E-state index in [1.54, 1.807) is 18.2 Å². The van der Waals surface area contributed by atoms with Crippen molar-refractivity contribution in [3.63, 3.8) is 0 Å². The summed E-state index contributed by atoms with van der Waals surface area (Å²) in [5.41, 5.74) is 2.03. The lowest BCUT2D eigenvalue weighted by atomic mass is 10.1. The van der Waals surface area contributed by atoms with Crippen LogP contribution >= 0.6 is 23.2 Å². The summed E-state index contributed by atoms with van der Waals surface area (Å²) in [7, 11) is 0. The molecule has 0 atom stereocenters. The fraction of sp³-hybridized carbons (Fsp3) is 0. The number of hydrogen-bond acceptors (Lipinski definition) is 2. The maximum absolute atomic E-state index is 10.7. The molecule has 0 aliphatic heterocycles. The Bertz CT molecular complexity index is 523. The normalized spacial score (nSPS) is 10.1. The molecule has 0 fully saturated rings. The smallest absolute Gasteiger partial charge is 0.150 e. The summed E-state index contributed by atoms with van der Waals surface area (Å²) in [5.74, 6) is 0. The van der Waals surface area contributed by atoms with Gasteiger partial charge in [0.25, 0.3) is 0 Å². The van der Waals surface area contributed by atoms with Gasteiger partial charge in [-0.25, -0.2) is 4.98 Å². The Morgan fingerprint density at radius 3 is 2.38 bits per heavy atom. The first kappa shape index (κ1) is 11.1. The minimum Gasteiger partial charge on any atom is -0.298 e. The quantitative estimate of drug-likeness (QED) is 0.599. The maximum atomic E-state index is 10.7. The molecule has 0 spiro atoms. The average Bonchev–Trinajstić information content (AvgIpc) is 2.29. The van der Waals surface area contributed by atoms with E-state index in [0.717, 1.165) is 11.8 Å². The van der Waals surface area contributed by atoms with Crippen molar-refractivity contribution in [2.45, 2.75) is 0 Å². The van der Waals surface area contributed by atoms with E-state index < -0.39 is 0 Å². The molecule has 0 unspecified atom stereocenters. The van der Waals surface area contributed by atoms with Gasteiger partial charge in [0.1, 0.15) is 11.4 Å². The minimum atomic E-state index is 0.301. The monoisotopic (exact) mass is 251 g/mol. The van der Waals surface area contributed by atoms with E-state index in [9.17, 15) is 4.79 Å². The van der Waals surface area contributed by atoms with Crippen LogP contribution < -0.4 is 0 Å². The molecular formula is C12H7Cl2NO. The van der Waals surface area contributed by atoms with Crippen LogP contribution in [0.4, 0.5) is 0 Å². The fourth-order valence-corrected chi connectivity index (χ4v) is 1.70. The van der Waals surface area contributed by atoms with E-state index in [4.69, 9.17) is 23.2 Å². The lowest BCUT2D eigenvalue weighted by molar-refractivity contribution is 0.112. The molecule has 4 heteroatoms. The lowest BCUT2D eigenvalue weighted by Crippen LogP contribution is -1.88. The van der Waals surface area contributed by atoms with Gasteiger partial charge in [-0.15, -0.1) is 0 Å². The van der Waals surface area contributed by atoms with Crippen LogP contribution in [-0.4, -0.2) is 11.3 Å². The lowest BCUT2D eigenvalue weighted by Gasteiger charge is -2.02. The highest BCUT2D eigenvalue weighted by Crippen LogP contribution is 2.22. The number of aldehydes is 1. The van der Waals surface area contributed by atoms with Crippen molar-refractivity contribution in [2.75, 3.05) is 0 Å². The second-order valence-electron chi connectivity index (χ2n) is 3.23. The number of benzene rings is 1. The molecule has 0 radical (unpaired) electrons. The Hall–Kier alpha value is -1.38. The van der Waals surface area contributed by atoms with Crippen LogP contribution in [0.25, 0.3) is 11.3 Å². The van der Waals surface area contributed by atoms with E-state index in [0.29, 0.717) is 21.4 Å². The number of carbonyl (C=O) groups is 1. The summed E-state index contributed by atoms with van der Waals surface area (Å²) < 4.78 is 0. The molecule has 1 aromatic carbocycles. The molecule has 2 nitrogen and oxygen atoms in total. The van der Waals surface area contributed by atoms with Crippen LogP contribution in [-0.2, 0) is 0 Å². The van der Waals surface area contributed by atoms with Crippen LogP contribution in [0.15, 0.2) is 36.4 Å². The van der Waals surface area contributed by atoms with Crippen molar-refractivity contribution in [3.05, 3.63) is 52.1 Å². The van der Waals surface area contributed by atoms with Crippen molar-refractivity contribution < 1.29 is 4.79 Å². The zero-order valence-corrected chi connectivity index (χ0v) is 9.66. The second-order valence-corrected chi connectivity index (χ2v) is 4.06. The number of halogens is 2. The molecule has 2 rings (SSSR count). The Morgan fingerprint density at radius 2 is 1.75 bits per heavy atom. The fourth-order valence-electron chi connectivity index (χ4n) is 1.35. The van der Waals surface area contributed by atoms with Gasteiger partial charge in [-0.3, -0.25) is 4.79 Å². The van der Waals surface area contributed by atoms with Crippen molar-refractivity contribution >= 4 is 29.5 Å². The Balaban J connectivity index is 2.51. The molecule has 0 aliphatic carbocycles. The average molecular weight is 252 g/mol. The van der Waals surface area contributed by atoms with Crippen LogP contribution in [0.1, 0.15) is 10.4 Å². The van der Waals surface area contributed by atoms with Crippen LogP contribution in [0.3, 0.4) is 0 Å². The Kier molecular flexibility index (Phi) is 3.22. The number of rotatable bonds is 2. The number of aromatic nitrogens is 1. The zero-order valence-electron chi connectivity index (χ0n) is 8.15. The van der Waals surface area contributed by atoms with Gasteiger partial charge in [-0.1, -0.05) is 35.3 Å². The maximum Gasteiger partial charge on any atom is 0.150 e. The van der Waals surface area contributed by atoms with Crippen LogP contribution in [0.2, 0.25) is 10.2 Å². The van der Waals surface area contributed by atoms with Crippen molar-refractivity contribution in [1.29, 1.82) is 0 Å². The van der Waals surface area contributed by atoms with Crippen LogP contribution in [0, 0.1) is 0 Å². The molecule has 80 valence electrons. The molecule has 0 amide bonds. The third-order valence-corrected chi connectivity index (χ3v) is 2.54. The number of pyridine rings is 1. The second kappa shape index (κ2) is 4.64. The van der Waals surface area contributed by atoms with Gasteiger partial charge in [0.05, 0.1) is 5.69 Å². The number of carbonyl (C=O) groups excluding carboxylic acids is 1. The number of hydrogen-bond donors (Lipinski definition) is 0. The zero-order chi connectivity index (χ0) is 11.5. The molecule has 0 saturated heterocycles. The van der Waals surface area contributed by atoms with Gasteiger partial charge in [-0.2, -0.15) is 0 Å². The molecule has 0 saturated carbocycles. The first-order chi connectivity index (χ1) is 7.69. The minimum absolute atomic E-state index is 0.301. The predicted molar refractivity (Wildman–Crippen MR) is 65.1 cm³/mol. The van der Waals surface area contributed by atoms with E-state index in [1.807, 2.05) is 12.1 Å². The summed E-state index contributed by atoms with van der Waals surface area (Å²) in [4.78, 5) is 14.8. The number of nitrogens with zero attached hydrogens (tertiary/aromatic N) is 1. The van der Waals surface area contributed by atoms with Gasteiger partial charge in [0.15, 0.2) is 0 Å². The Labute approximate surface area is 103 Å². The van der Waals surface area contributed by atoms with Gasteiger partial charge in [0, 0.05) is 16.1 Å². The van der Waals surface area contributed by atoms with E-state index >= 15 is 0 Å². The van der Waals surface area contributed by atoms with Gasteiger partial charge >= 0.3 is 0 Å². The third-order valence-electron chi connectivity index (χ3n) is 2.09. The molecule has 0 aliphatic rings. The first-order valence-electron chi connectivity index (χ1n) is 4.58. The van der Waals surface area contributed by atoms with E-state index in [-0.39, 0.29) is 0 Å². The molecule has 0 N–H and O–H groups in total. The summed E-state index contributed by atoms with van der Waals surface area (Å²) in [5, 5.41) is 0.955. The molecule has 0 bridgehead atoms. The van der Waals surface area contributed by atoms with Crippen molar-refractivity contribution in [3.8, 4) is 11.3 Å². The predicted octanol–water partition coefficient (Wildman–Crippen LogP) is 3.87. The summed E-state index contributed by atoms with van der Waals surface area (Å²) in [6.07, 6.45) is 0.743. The van der Waals surface area contributed by atoms with Crippen molar-refractivity contribution in [2.24, 2.45) is 0 Å². The van der Waals surface area contributed by atoms with Gasteiger partial charge in [-0.05, 0) is 24.3 Å².